The van der Waals surface area contributed by atoms with Gasteiger partial charge in [-0.25, -0.2) is 0 Å². The number of rotatable bonds is 1. The minimum Gasteiger partial charge on any atom is -0.333 e. The third kappa shape index (κ3) is 3.94. The van der Waals surface area contributed by atoms with Crippen LogP contribution >= 0.6 is 0 Å². The van der Waals surface area contributed by atoms with E-state index in [4.69, 9.17) is 0 Å². The molecule has 1 atom stereocenters. The van der Waals surface area contributed by atoms with E-state index in [1.165, 1.54) is 4.90 Å². The minimum absolute atomic E-state index is 0.317. The molecule has 0 spiro atoms. The van der Waals surface area contributed by atoms with Crippen molar-refractivity contribution in [2.75, 3.05) is 24.2 Å². The normalized spacial score (nSPS) is 21.0. The summed E-state index contributed by atoms with van der Waals surface area (Å²) in [5.74, 6) is -0.791. The molecule has 1 fully saturated rings. The second-order valence-electron chi connectivity index (χ2n) is 6.17. The number of carbonyl (C=O) groups excluding carboxylic acids is 2. The number of benzene rings is 1. The van der Waals surface area contributed by atoms with Gasteiger partial charge in [0.15, 0.2) is 0 Å². The van der Waals surface area contributed by atoms with Crippen LogP contribution in [0.5, 0.6) is 0 Å². The third-order valence-corrected chi connectivity index (χ3v) is 5.93. The van der Waals surface area contributed by atoms with Crippen LogP contribution in [0.15, 0.2) is 24.3 Å². The van der Waals surface area contributed by atoms with Gasteiger partial charge in [0, 0.05) is 40.1 Å². The molecule has 1 aliphatic rings. The molecule has 1 aromatic carbocycles. The van der Waals surface area contributed by atoms with Crippen LogP contribution < -0.4 is 5.32 Å². The number of nitrogens with zero attached hydrogens (tertiary/aromatic N) is 1. The molecule has 0 saturated carbocycles. The number of amides is 2. The van der Waals surface area contributed by atoms with Crippen LogP contribution in [0.1, 0.15) is 25.8 Å². The Bertz CT molecular complexity index is 596. The van der Waals surface area contributed by atoms with Crippen LogP contribution in [-0.4, -0.2) is 44.5 Å². The van der Waals surface area contributed by atoms with Crippen molar-refractivity contribution in [1.29, 1.82) is 0 Å². The Morgan fingerprint density at radius 2 is 1.82 bits per heavy atom. The zero-order valence-electron chi connectivity index (χ0n) is 13.2. The maximum atomic E-state index is 12.3. The first-order valence-electron chi connectivity index (χ1n) is 7.35. The third-order valence-electron chi connectivity index (χ3n) is 3.94. The van der Waals surface area contributed by atoms with Crippen LogP contribution in [0.2, 0.25) is 0 Å². The summed E-state index contributed by atoms with van der Waals surface area (Å²) in [6.45, 7) is 6.64. The molecule has 2 amide bonds. The highest BCUT2D eigenvalue weighted by molar-refractivity contribution is 7.86. The lowest BCUT2D eigenvalue weighted by Crippen LogP contribution is -2.41. The first kappa shape index (κ1) is 16.7. The molecule has 1 aromatic rings. The molecule has 0 aliphatic carbocycles. The number of anilines is 1. The zero-order chi connectivity index (χ0) is 16.3. The fraction of sp³-hybridized carbons (Fsp3) is 0.500. The molecule has 1 N–H and O–H groups in total. The average Bonchev–Trinajstić information content (AvgIpc) is 2.60. The lowest BCUT2D eigenvalue weighted by molar-refractivity contribution is -0.143. The van der Waals surface area contributed by atoms with Crippen LogP contribution in [0.3, 0.4) is 0 Å². The SMILES string of the molecule is Cc1ccc(NC(=O)C(=O)N2CCS(=O)C(C)(C)CC2)cc1. The summed E-state index contributed by atoms with van der Waals surface area (Å²) in [5.41, 5.74) is 1.68. The summed E-state index contributed by atoms with van der Waals surface area (Å²) < 4.78 is 11.8. The topological polar surface area (TPSA) is 66.5 Å². The minimum atomic E-state index is -0.985. The van der Waals surface area contributed by atoms with Crippen molar-refractivity contribution < 1.29 is 13.8 Å². The first-order chi connectivity index (χ1) is 10.3. The van der Waals surface area contributed by atoms with Crippen LogP contribution in [-0.2, 0) is 20.4 Å². The van der Waals surface area contributed by atoms with Gasteiger partial charge in [-0.1, -0.05) is 17.7 Å². The highest BCUT2D eigenvalue weighted by Crippen LogP contribution is 2.22. The molecule has 120 valence electrons. The summed E-state index contributed by atoms with van der Waals surface area (Å²) >= 11 is 0. The number of hydrogen-bond acceptors (Lipinski definition) is 3. The molecule has 0 bridgehead atoms. The molecule has 1 saturated heterocycles. The van der Waals surface area contributed by atoms with Gasteiger partial charge in [-0.2, -0.15) is 0 Å². The van der Waals surface area contributed by atoms with Crippen molar-refractivity contribution >= 4 is 28.3 Å². The molecule has 1 heterocycles. The standard InChI is InChI=1S/C16H22N2O3S/c1-12-4-6-13(7-5-12)17-14(19)15(20)18-9-8-16(2,3)22(21)11-10-18/h4-7H,8-11H2,1-3H3,(H,17,19). The monoisotopic (exact) mass is 322 g/mol. The van der Waals surface area contributed by atoms with Gasteiger partial charge in [-0.15, -0.1) is 0 Å². The molecular formula is C16H22N2O3S. The van der Waals surface area contributed by atoms with E-state index in [-0.39, 0.29) is 4.75 Å². The van der Waals surface area contributed by atoms with Gasteiger partial charge < -0.3 is 10.2 Å². The largest absolute Gasteiger partial charge is 0.333 e. The molecule has 22 heavy (non-hydrogen) atoms. The van der Waals surface area contributed by atoms with E-state index in [1.54, 1.807) is 12.1 Å². The molecule has 5 nitrogen and oxygen atoms in total. The second kappa shape index (κ2) is 6.60. The number of hydrogen-bond donors (Lipinski definition) is 1. The fourth-order valence-electron chi connectivity index (χ4n) is 2.27. The Kier molecular flexibility index (Phi) is 5.01. The maximum absolute atomic E-state index is 12.3. The summed E-state index contributed by atoms with van der Waals surface area (Å²) in [6, 6.07) is 7.28. The summed E-state index contributed by atoms with van der Waals surface area (Å²) in [4.78, 5) is 25.8. The first-order valence-corrected chi connectivity index (χ1v) is 8.67. The van der Waals surface area contributed by atoms with Crippen molar-refractivity contribution in [2.24, 2.45) is 0 Å². The molecule has 6 heteroatoms. The van der Waals surface area contributed by atoms with Crippen molar-refractivity contribution in [3.8, 4) is 0 Å². The second-order valence-corrected chi connectivity index (χ2v) is 8.38. The van der Waals surface area contributed by atoms with Crippen molar-refractivity contribution in [2.45, 2.75) is 31.9 Å². The van der Waals surface area contributed by atoms with E-state index in [9.17, 15) is 13.8 Å². The Balaban J connectivity index is 2.00. The fourth-order valence-corrected chi connectivity index (χ4v) is 3.53. The van der Waals surface area contributed by atoms with Gasteiger partial charge >= 0.3 is 11.8 Å². The van der Waals surface area contributed by atoms with E-state index in [0.717, 1.165) is 5.56 Å². The smallest absolute Gasteiger partial charge is 0.313 e. The Morgan fingerprint density at radius 3 is 2.45 bits per heavy atom. The van der Waals surface area contributed by atoms with E-state index >= 15 is 0 Å². The maximum Gasteiger partial charge on any atom is 0.313 e. The number of aryl methyl sites for hydroxylation is 1. The zero-order valence-corrected chi connectivity index (χ0v) is 14.0. The average molecular weight is 322 g/mol. The Labute approximate surface area is 133 Å². The molecule has 0 aromatic heterocycles. The predicted octanol–water partition coefficient (Wildman–Crippen LogP) is 1.69. The van der Waals surface area contributed by atoms with E-state index in [0.29, 0.717) is 31.0 Å². The highest BCUT2D eigenvalue weighted by atomic mass is 32.2. The van der Waals surface area contributed by atoms with Gasteiger partial charge in [0.2, 0.25) is 0 Å². The number of nitrogens with one attached hydrogen (secondary N) is 1. The Hall–Kier alpha value is -1.69. The van der Waals surface area contributed by atoms with E-state index in [2.05, 4.69) is 5.32 Å². The lowest BCUT2D eigenvalue weighted by atomic mass is 10.1. The van der Waals surface area contributed by atoms with Crippen molar-refractivity contribution in [3.63, 3.8) is 0 Å². The van der Waals surface area contributed by atoms with Gasteiger partial charge in [-0.05, 0) is 39.3 Å². The summed E-state index contributed by atoms with van der Waals surface area (Å²) in [5, 5.41) is 2.61. The predicted molar refractivity (Wildman–Crippen MR) is 88.1 cm³/mol. The van der Waals surface area contributed by atoms with Gasteiger partial charge in [-0.3, -0.25) is 13.8 Å². The highest BCUT2D eigenvalue weighted by Gasteiger charge is 2.33. The Morgan fingerprint density at radius 1 is 1.18 bits per heavy atom. The summed E-state index contributed by atoms with van der Waals surface area (Å²) in [6.07, 6.45) is 0.628. The molecule has 2 rings (SSSR count). The quantitative estimate of drug-likeness (QED) is 0.800. The summed E-state index contributed by atoms with van der Waals surface area (Å²) in [7, 11) is -0.985. The lowest BCUT2D eigenvalue weighted by Gasteiger charge is -2.22. The van der Waals surface area contributed by atoms with Crippen LogP contribution in [0.4, 0.5) is 5.69 Å². The van der Waals surface area contributed by atoms with Crippen LogP contribution in [0.25, 0.3) is 0 Å². The molecule has 1 aliphatic heterocycles. The van der Waals surface area contributed by atoms with Crippen LogP contribution in [0, 0.1) is 6.92 Å². The van der Waals surface area contributed by atoms with E-state index in [1.807, 2.05) is 32.9 Å². The van der Waals surface area contributed by atoms with Crippen molar-refractivity contribution in [1.82, 2.24) is 4.90 Å². The van der Waals surface area contributed by atoms with E-state index < -0.39 is 22.6 Å². The number of carbonyl (C=O) groups is 2. The van der Waals surface area contributed by atoms with Gasteiger partial charge in [0.1, 0.15) is 0 Å². The van der Waals surface area contributed by atoms with Crippen molar-refractivity contribution in [3.05, 3.63) is 29.8 Å². The molecule has 1 unspecified atom stereocenters. The molecule has 0 radical (unpaired) electrons. The van der Waals surface area contributed by atoms with Gasteiger partial charge in [0.05, 0.1) is 0 Å². The van der Waals surface area contributed by atoms with Gasteiger partial charge in [0.25, 0.3) is 0 Å². The molecular weight excluding hydrogens is 300 g/mol.